The van der Waals surface area contributed by atoms with E-state index in [9.17, 15) is 9.46 Å². The summed E-state index contributed by atoms with van der Waals surface area (Å²) in [6.45, 7) is 10.9. The zero-order chi connectivity index (χ0) is 19.7. The first kappa shape index (κ1) is 25.3. The van der Waals surface area contributed by atoms with Crippen LogP contribution in [0.4, 0.5) is 0 Å². The van der Waals surface area contributed by atoms with E-state index in [2.05, 4.69) is 50.8 Å². The molecule has 0 radical (unpaired) electrons. The Hall–Kier alpha value is -0.680. The van der Waals surface area contributed by atoms with Crippen LogP contribution in [0.1, 0.15) is 79.1 Å². The molecule has 0 saturated carbocycles. The number of nitrogens with zero attached hydrogens (tertiary/aromatic N) is 2. The van der Waals surface area contributed by atoms with Gasteiger partial charge in [0.15, 0.2) is 0 Å². The largest absolute Gasteiger partial charge is 0.756 e. The Bertz CT molecular complexity index is 468. The van der Waals surface area contributed by atoms with Crippen LogP contribution in [0.2, 0.25) is 0 Å². The quantitative estimate of drug-likeness (QED) is 0.267. The van der Waals surface area contributed by atoms with Gasteiger partial charge in [0, 0.05) is 0 Å². The normalized spacial score (nSPS) is 11.3. The number of phosphoric ester groups is 1. The molecule has 6 nitrogen and oxygen atoms in total. The van der Waals surface area contributed by atoms with Crippen molar-refractivity contribution in [3.8, 4) is 0 Å². The lowest BCUT2D eigenvalue weighted by molar-refractivity contribution is -0.696. The Balaban J connectivity index is 0.000000508. The van der Waals surface area contributed by atoms with Crippen molar-refractivity contribution in [3.05, 3.63) is 18.7 Å². The molecule has 0 amide bonds. The van der Waals surface area contributed by atoms with Crippen molar-refractivity contribution < 1.29 is 23.1 Å². The fourth-order valence-electron chi connectivity index (χ4n) is 2.30. The number of aryl methyl sites for hydroxylation is 2. The lowest BCUT2D eigenvalue weighted by atomic mass is 10.1. The summed E-state index contributed by atoms with van der Waals surface area (Å²) in [6.07, 6.45) is 16.0. The van der Waals surface area contributed by atoms with Gasteiger partial charge in [0.2, 0.25) is 6.33 Å². The van der Waals surface area contributed by atoms with Crippen molar-refractivity contribution in [1.82, 2.24) is 4.57 Å². The molecule has 7 heteroatoms. The van der Waals surface area contributed by atoms with Crippen LogP contribution in [0.3, 0.4) is 0 Å². The second-order valence-corrected chi connectivity index (χ2v) is 7.83. The maximum atomic E-state index is 10.7. The van der Waals surface area contributed by atoms with E-state index in [4.69, 9.17) is 0 Å². The highest BCUT2D eigenvalue weighted by atomic mass is 31.2. The molecular formula is C19H39N2O4P. The maximum absolute atomic E-state index is 10.7. The number of rotatable bonds is 14. The molecule has 0 aliphatic rings. The Kier molecular flexibility index (Phi) is 16.1. The van der Waals surface area contributed by atoms with Crippen molar-refractivity contribution in [2.45, 2.75) is 92.2 Å². The number of imidazole rings is 1. The monoisotopic (exact) mass is 390 g/mol. The first-order valence-corrected chi connectivity index (χ1v) is 11.6. The van der Waals surface area contributed by atoms with Crippen LogP contribution in [0, 0.1) is 0 Å². The second kappa shape index (κ2) is 16.5. The number of hydrogen-bond donors (Lipinski definition) is 0. The smallest absolute Gasteiger partial charge is 0.267 e. The standard InChI is InChI=1S/C13H25N2.C6H15O4P/c1-3-5-6-7-8-10-15-12-11-14(13-15)9-4-2;1-3-5-9-11(7,8)10-6-4-2/h11-13H,3-10H2,1-2H3;3-6H2,1-2H3,(H,7,8)/q+1;/p-1. The van der Waals surface area contributed by atoms with E-state index in [0.717, 1.165) is 6.54 Å². The highest BCUT2D eigenvalue weighted by Crippen LogP contribution is 2.38. The summed E-state index contributed by atoms with van der Waals surface area (Å²) in [7, 11) is -3.98. The topological polar surface area (TPSA) is 67.4 Å². The molecule has 1 heterocycles. The zero-order valence-electron chi connectivity index (χ0n) is 17.2. The number of aromatic nitrogens is 2. The molecule has 0 aromatic carbocycles. The van der Waals surface area contributed by atoms with Gasteiger partial charge in [-0.1, -0.05) is 47.0 Å². The molecular weight excluding hydrogens is 351 g/mol. The van der Waals surface area contributed by atoms with Gasteiger partial charge in [-0.15, -0.1) is 0 Å². The third-order valence-corrected chi connectivity index (χ3v) is 4.65. The summed E-state index contributed by atoms with van der Waals surface area (Å²) in [4.78, 5) is 10.7. The Labute approximate surface area is 160 Å². The van der Waals surface area contributed by atoms with Crippen LogP contribution in [0.25, 0.3) is 0 Å². The summed E-state index contributed by atoms with van der Waals surface area (Å²) < 4.78 is 24.2. The molecule has 154 valence electrons. The van der Waals surface area contributed by atoms with Crippen LogP contribution in [-0.4, -0.2) is 17.8 Å². The summed E-state index contributed by atoms with van der Waals surface area (Å²) >= 11 is 0. The minimum Gasteiger partial charge on any atom is -0.756 e. The molecule has 0 N–H and O–H groups in total. The van der Waals surface area contributed by atoms with E-state index in [1.54, 1.807) is 0 Å². The minimum absolute atomic E-state index is 0.199. The molecule has 0 aliphatic heterocycles. The third-order valence-electron chi connectivity index (χ3n) is 3.65. The van der Waals surface area contributed by atoms with Gasteiger partial charge < -0.3 is 13.9 Å². The molecule has 0 bridgehead atoms. The fourth-order valence-corrected chi connectivity index (χ4v) is 3.19. The highest BCUT2D eigenvalue weighted by molar-refractivity contribution is 7.45. The summed E-state index contributed by atoms with van der Waals surface area (Å²) in [5.41, 5.74) is 0. The highest BCUT2D eigenvalue weighted by Gasteiger charge is 2.06. The third kappa shape index (κ3) is 14.5. The minimum atomic E-state index is -3.98. The average molecular weight is 391 g/mol. The molecule has 0 saturated heterocycles. The maximum Gasteiger partial charge on any atom is 0.267 e. The summed E-state index contributed by atoms with van der Waals surface area (Å²) in [5, 5.41) is 0. The van der Waals surface area contributed by atoms with Gasteiger partial charge in [-0.05, 0) is 32.1 Å². The van der Waals surface area contributed by atoms with Gasteiger partial charge in [-0.25, -0.2) is 9.13 Å². The van der Waals surface area contributed by atoms with E-state index in [-0.39, 0.29) is 13.2 Å². The second-order valence-electron chi connectivity index (χ2n) is 6.42. The number of unbranched alkanes of at least 4 members (excludes halogenated alkanes) is 4. The Morgan fingerprint density at radius 1 is 0.923 bits per heavy atom. The van der Waals surface area contributed by atoms with E-state index in [1.165, 1.54) is 45.1 Å². The molecule has 26 heavy (non-hydrogen) atoms. The SMILES string of the molecule is CCCCCCCn1cc[n+](CCC)c1.CCCOP(=O)([O-])OCCC. The summed E-state index contributed by atoms with van der Waals surface area (Å²) in [6, 6.07) is 0. The molecule has 0 fully saturated rings. The van der Waals surface area contributed by atoms with Gasteiger partial charge in [-0.3, -0.25) is 4.57 Å². The van der Waals surface area contributed by atoms with E-state index in [0.29, 0.717) is 12.8 Å². The lowest BCUT2D eigenvalue weighted by Gasteiger charge is -2.21. The van der Waals surface area contributed by atoms with Crippen LogP contribution in [0.15, 0.2) is 18.7 Å². The van der Waals surface area contributed by atoms with Crippen LogP contribution in [-0.2, 0) is 26.7 Å². The van der Waals surface area contributed by atoms with Crippen LogP contribution in [0.5, 0.6) is 0 Å². The van der Waals surface area contributed by atoms with Gasteiger partial charge >= 0.3 is 0 Å². The Morgan fingerprint density at radius 2 is 1.54 bits per heavy atom. The van der Waals surface area contributed by atoms with Gasteiger partial charge in [-0.2, -0.15) is 0 Å². The first-order chi connectivity index (χ1) is 12.5. The van der Waals surface area contributed by atoms with Gasteiger partial charge in [0.05, 0.1) is 26.3 Å². The molecule has 0 spiro atoms. The lowest BCUT2D eigenvalue weighted by Crippen LogP contribution is -2.30. The molecule has 1 aromatic rings. The number of hydrogen-bond acceptors (Lipinski definition) is 4. The zero-order valence-corrected chi connectivity index (χ0v) is 18.1. The van der Waals surface area contributed by atoms with Crippen molar-refractivity contribution in [1.29, 1.82) is 0 Å². The molecule has 0 unspecified atom stereocenters. The van der Waals surface area contributed by atoms with Gasteiger partial charge in [0.1, 0.15) is 12.4 Å². The molecule has 1 rings (SSSR count). The Morgan fingerprint density at radius 3 is 2.08 bits per heavy atom. The van der Waals surface area contributed by atoms with Crippen LogP contribution >= 0.6 is 7.82 Å². The average Bonchev–Trinajstić information content (AvgIpc) is 3.06. The number of phosphoric acid groups is 1. The van der Waals surface area contributed by atoms with Crippen molar-refractivity contribution in [3.63, 3.8) is 0 Å². The van der Waals surface area contributed by atoms with E-state index >= 15 is 0 Å². The molecule has 1 aromatic heterocycles. The predicted molar refractivity (Wildman–Crippen MR) is 104 cm³/mol. The van der Waals surface area contributed by atoms with Crippen molar-refractivity contribution in [2.75, 3.05) is 13.2 Å². The predicted octanol–water partition coefficient (Wildman–Crippen LogP) is 4.46. The molecule has 0 atom stereocenters. The van der Waals surface area contributed by atoms with E-state index in [1.807, 2.05) is 13.8 Å². The van der Waals surface area contributed by atoms with Crippen molar-refractivity contribution >= 4 is 7.82 Å². The fraction of sp³-hybridized carbons (Fsp3) is 0.842. The molecule has 0 aliphatic carbocycles. The van der Waals surface area contributed by atoms with Crippen LogP contribution < -0.4 is 9.46 Å². The van der Waals surface area contributed by atoms with Crippen molar-refractivity contribution in [2.24, 2.45) is 0 Å². The first-order valence-electron chi connectivity index (χ1n) is 10.1. The summed E-state index contributed by atoms with van der Waals surface area (Å²) in [5.74, 6) is 0. The van der Waals surface area contributed by atoms with E-state index < -0.39 is 7.82 Å². The van der Waals surface area contributed by atoms with Gasteiger partial charge in [0.25, 0.3) is 7.82 Å².